The smallest absolute Gasteiger partial charge is 0.126 e. The quantitative estimate of drug-likeness (QED) is 0.143. The molecule has 0 aliphatic carbocycles. The van der Waals surface area contributed by atoms with Crippen molar-refractivity contribution in [2.45, 2.75) is 55.4 Å². The van der Waals surface area contributed by atoms with Crippen LogP contribution in [0, 0.1) is 78.7 Å². The Bertz CT molecular complexity index is 1550. The third kappa shape index (κ3) is 20.2. The van der Waals surface area contributed by atoms with E-state index in [4.69, 9.17) is 0 Å². The lowest BCUT2D eigenvalue weighted by Crippen LogP contribution is -1.80. The van der Waals surface area contributed by atoms with E-state index in [9.17, 15) is 17.6 Å². The maximum absolute atomic E-state index is 12.3. The van der Waals surface area contributed by atoms with Gasteiger partial charge in [0.1, 0.15) is 23.3 Å². The monoisotopic (exact) mass is 652 g/mol. The number of benzene rings is 6. The molecule has 0 amide bonds. The lowest BCUT2D eigenvalue weighted by atomic mass is 10.1. The van der Waals surface area contributed by atoms with Crippen LogP contribution in [0.1, 0.15) is 44.5 Å². The Hall–Kier alpha value is -4.96. The molecule has 252 valence electrons. The summed E-state index contributed by atoms with van der Waals surface area (Å²) in [5.41, 5.74) is 8.98. The molecule has 0 unspecified atom stereocenters. The van der Waals surface area contributed by atoms with Crippen LogP contribution in [-0.2, 0) is 0 Å². The maximum Gasteiger partial charge on any atom is 0.126 e. The second kappa shape index (κ2) is 23.4. The molecule has 4 heteroatoms. The molecule has 6 rings (SSSR count). The summed E-state index contributed by atoms with van der Waals surface area (Å²) >= 11 is 0. The van der Waals surface area contributed by atoms with Crippen molar-refractivity contribution in [1.29, 1.82) is 0 Å². The van der Waals surface area contributed by atoms with Crippen LogP contribution in [0.3, 0.4) is 0 Å². The Morgan fingerprint density at radius 3 is 0.938 bits per heavy atom. The average Bonchev–Trinajstić information content (AvgIpc) is 3.03. The molecule has 0 saturated heterocycles. The molecule has 6 aromatic rings. The zero-order chi connectivity index (χ0) is 35.9. The molecule has 0 radical (unpaired) electrons. The summed E-state index contributed by atoms with van der Waals surface area (Å²) in [7, 11) is 0. The second-order valence-electron chi connectivity index (χ2n) is 11.4. The molecule has 0 atom stereocenters. The first-order chi connectivity index (χ1) is 22.8. The van der Waals surface area contributed by atoms with Gasteiger partial charge in [0, 0.05) is 6.07 Å². The zero-order valence-corrected chi connectivity index (χ0v) is 29.4. The van der Waals surface area contributed by atoms with Crippen molar-refractivity contribution in [3.05, 3.63) is 213 Å². The van der Waals surface area contributed by atoms with Gasteiger partial charge in [0.15, 0.2) is 0 Å². The van der Waals surface area contributed by atoms with E-state index in [0.717, 1.165) is 11.6 Å². The zero-order valence-electron chi connectivity index (χ0n) is 29.4. The summed E-state index contributed by atoms with van der Waals surface area (Å²) in [5, 5.41) is 0. The van der Waals surface area contributed by atoms with E-state index < -0.39 is 11.6 Å². The van der Waals surface area contributed by atoms with Gasteiger partial charge in [0.2, 0.25) is 0 Å². The highest BCUT2D eigenvalue weighted by Crippen LogP contribution is 2.06. The minimum absolute atomic E-state index is 0.132. The highest BCUT2D eigenvalue weighted by molar-refractivity contribution is 5.23. The first-order valence-corrected chi connectivity index (χ1v) is 15.7. The molecule has 0 aliphatic rings. The van der Waals surface area contributed by atoms with Gasteiger partial charge in [-0.05, 0) is 114 Å². The molecule has 0 heterocycles. The van der Waals surface area contributed by atoms with Gasteiger partial charge in [-0.15, -0.1) is 0 Å². The van der Waals surface area contributed by atoms with Crippen molar-refractivity contribution in [3.63, 3.8) is 0 Å². The van der Waals surface area contributed by atoms with E-state index in [1.165, 1.54) is 58.1 Å². The van der Waals surface area contributed by atoms with Crippen LogP contribution in [0.5, 0.6) is 0 Å². The number of hydrogen-bond acceptors (Lipinski definition) is 0. The number of hydrogen-bond donors (Lipinski definition) is 0. The van der Waals surface area contributed by atoms with Crippen LogP contribution in [0.4, 0.5) is 17.6 Å². The van der Waals surface area contributed by atoms with E-state index in [2.05, 4.69) is 95.3 Å². The lowest BCUT2D eigenvalue weighted by molar-refractivity contribution is 0.581. The van der Waals surface area contributed by atoms with Crippen LogP contribution < -0.4 is 0 Å². The van der Waals surface area contributed by atoms with Gasteiger partial charge in [-0.3, -0.25) is 0 Å². The van der Waals surface area contributed by atoms with E-state index in [1.54, 1.807) is 32.0 Å². The van der Waals surface area contributed by atoms with Crippen LogP contribution in [0.15, 0.2) is 146 Å². The van der Waals surface area contributed by atoms with Gasteiger partial charge in [-0.25, -0.2) is 17.6 Å². The Morgan fingerprint density at radius 2 is 0.646 bits per heavy atom. The normalized spacial score (nSPS) is 9.25. The molecule has 0 aliphatic heterocycles. The Kier molecular flexibility index (Phi) is 20.0. The van der Waals surface area contributed by atoms with Crippen LogP contribution >= 0.6 is 0 Å². The first-order valence-electron chi connectivity index (χ1n) is 15.7. The molecule has 0 saturated carbocycles. The van der Waals surface area contributed by atoms with Gasteiger partial charge in [0.05, 0.1) is 0 Å². The minimum Gasteiger partial charge on any atom is -0.207 e. The fraction of sp³-hybridized carbons (Fsp3) is 0.182. The van der Waals surface area contributed by atoms with Crippen molar-refractivity contribution >= 4 is 0 Å². The molecule has 0 spiro atoms. The topological polar surface area (TPSA) is 0 Å². The molecule has 48 heavy (non-hydrogen) atoms. The Labute approximate surface area is 285 Å². The van der Waals surface area contributed by atoms with E-state index in [1.807, 2.05) is 37.3 Å². The number of rotatable bonds is 0. The van der Waals surface area contributed by atoms with E-state index in [-0.39, 0.29) is 11.6 Å². The fourth-order valence-corrected chi connectivity index (χ4v) is 3.68. The van der Waals surface area contributed by atoms with Crippen molar-refractivity contribution in [3.8, 4) is 0 Å². The summed E-state index contributed by atoms with van der Waals surface area (Å²) in [6.07, 6.45) is 0. The van der Waals surface area contributed by atoms with Gasteiger partial charge in [-0.2, -0.15) is 0 Å². The molecular weight excluding hydrogens is 604 g/mol. The van der Waals surface area contributed by atoms with Gasteiger partial charge >= 0.3 is 0 Å². The van der Waals surface area contributed by atoms with Crippen LogP contribution in [0.2, 0.25) is 0 Å². The van der Waals surface area contributed by atoms with Gasteiger partial charge in [0.25, 0.3) is 0 Å². The highest BCUT2D eigenvalue weighted by atomic mass is 19.1. The van der Waals surface area contributed by atoms with Crippen LogP contribution in [-0.4, -0.2) is 0 Å². The van der Waals surface area contributed by atoms with Crippen LogP contribution in [0.25, 0.3) is 0 Å². The molecule has 0 bridgehead atoms. The number of aryl methyl sites for hydroxylation is 8. The third-order valence-electron chi connectivity index (χ3n) is 6.65. The standard InChI is InChI=1S/2C8H10.C7H6F2.2C7H7F.C7H8/c1-7-3-5-8(2)6-4-7;1-7-5-3-4-6-8(7)2;1-5-2-6(8)4-7(9)3-5;1-6-3-2-4-7(8)5-6;1-6-4-2-3-5-7(6)8;1-7-5-3-2-4-6-7/h2*3-6H,1-2H3;2-4H,1H3;2*2-5H,1H3;2-6H,1H3. The second-order valence-corrected chi connectivity index (χ2v) is 11.4. The largest absolute Gasteiger partial charge is 0.207 e. The summed E-state index contributed by atoms with van der Waals surface area (Å²) in [4.78, 5) is 0. The van der Waals surface area contributed by atoms with E-state index >= 15 is 0 Å². The van der Waals surface area contributed by atoms with Crippen molar-refractivity contribution in [2.75, 3.05) is 0 Å². The lowest BCUT2D eigenvalue weighted by Gasteiger charge is -1.93. The molecule has 0 nitrogen and oxygen atoms in total. The van der Waals surface area contributed by atoms with Crippen molar-refractivity contribution in [1.82, 2.24) is 0 Å². The molecule has 0 aromatic heterocycles. The number of halogens is 4. The van der Waals surface area contributed by atoms with Gasteiger partial charge < -0.3 is 0 Å². The summed E-state index contributed by atoms with van der Waals surface area (Å²) < 4.78 is 48.9. The maximum atomic E-state index is 12.3. The Morgan fingerprint density at radius 1 is 0.271 bits per heavy atom. The third-order valence-corrected chi connectivity index (χ3v) is 6.65. The van der Waals surface area contributed by atoms with Crippen molar-refractivity contribution in [2.24, 2.45) is 0 Å². The summed E-state index contributed by atoms with van der Waals surface area (Å²) in [5.74, 6) is -1.34. The molecule has 6 aromatic carbocycles. The average molecular weight is 653 g/mol. The Balaban J connectivity index is 0.000000288. The predicted octanol–water partition coefficient (Wildman–Crippen LogP) is 13.1. The summed E-state index contributed by atoms with van der Waals surface area (Å²) in [6.45, 7) is 15.8. The highest BCUT2D eigenvalue weighted by Gasteiger charge is 1.94. The molecular formula is C44H48F4. The van der Waals surface area contributed by atoms with Gasteiger partial charge in [-0.1, -0.05) is 126 Å². The predicted molar refractivity (Wildman–Crippen MR) is 196 cm³/mol. The SMILES string of the molecule is Cc1cc(F)cc(F)c1.Cc1ccc(C)cc1.Cc1cccc(F)c1.Cc1ccccc1.Cc1ccccc1C.Cc1ccccc1F. The summed E-state index contributed by atoms with van der Waals surface area (Å²) in [6, 6.07) is 43.7. The minimum atomic E-state index is -0.521. The molecule has 0 fully saturated rings. The van der Waals surface area contributed by atoms with E-state index in [0.29, 0.717) is 11.1 Å². The first kappa shape index (κ1) is 41.1. The fourth-order valence-electron chi connectivity index (χ4n) is 3.68. The molecule has 0 N–H and O–H groups in total. The van der Waals surface area contributed by atoms with Crippen molar-refractivity contribution < 1.29 is 17.6 Å².